The Labute approximate surface area is 168 Å². The highest BCUT2D eigenvalue weighted by molar-refractivity contribution is 6.43. The third-order valence-corrected chi connectivity index (χ3v) is 5.14. The van der Waals surface area contributed by atoms with Crippen LogP contribution < -0.4 is 11.1 Å². The van der Waals surface area contributed by atoms with Gasteiger partial charge >= 0.3 is 0 Å². The number of halogens is 4. The van der Waals surface area contributed by atoms with Crippen LogP contribution in [0.2, 0.25) is 15.1 Å². The van der Waals surface area contributed by atoms with Crippen LogP contribution in [0.3, 0.4) is 0 Å². The zero-order chi connectivity index (χ0) is 19.1. The molecule has 136 valence electrons. The summed E-state index contributed by atoms with van der Waals surface area (Å²) in [6, 6.07) is 11.3. The van der Waals surface area contributed by atoms with Gasteiger partial charge in [-0.25, -0.2) is 4.39 Å². The molecule has 2 aromatic carbocycles. The molecule has 3 N–H and O–H groups in total. The molecule has 8 heteroatoms. The van der Waals surface area contributed by atoms with Crippen molar-refractivity contribution in [1.29, 1.82) is 0 Å². The number of nitrogen functional groups attached to an aromatic ring is 1. The molecule has 4 nitrogen and oxygen atoms in total. The maximum absolute atomic E-state index is 13.4. The van der Waals surface area contributed by atoms with E-state index >= 15 is 0 Å². The molecule has 0 fully saturated rings. The van der Waals surface area contributed by atoms with Crippen molar-refractivity contribution in [2.75, 3.05) is 11.1 Å². The quantitative estimate of drug-likeness (QED) is 0.376. The molecule has 0 saturated heterocycles. The van der Waals surface area contributed by atoms with Crippen molar-refractivity contribution in [2.45, 2.75) is 0 Å². The number of nitrogens with two attached hydrogens (primary N) is 1. The number of benzene rings is 2. The molecule has 0 atom stereocenters. The van der Waals surface area contributed by atoms with Gasteiger partial charge in [0.15, 0.2) is 5.58 Å². The first kappa shape index (κ1) is 17.9. The second kappa shape index (κ2) is 6.93. The number of aromatic nitrogens is 1. The Hall–Kier alpha value is -2.47. The van der Waals surface area contributed by atoms with Crippen molar-refractivity contribution >= 4 is 63.0 Å². The van der Waals surface area contributed by atoms with Crippen LogP contribution in [0.1, 0.15) is 0 Å². The van der Waals surface area contributed by atoms with Gasteiger partial charge < -0.3 is 15.5 Å². The predicted octanol–water partition coefficient (Wildman–Crippen LogP) is 6.92. The van der Waals surface area contributed by atoms with E-state index in [0.717, 1.165) is 0 Å². The Morgan fingerprint density at radius 1 is 1.04 bits per heavy atom. The largest absolute Gasteiger partial charge is 0.436 e. The van der Waals surface area contributed by atoms with Crippen LogP contribution in [-0.2, 0) is 0 Å². The average Bonchev–Trinajstić information content (AvgIpc) is 2.96. The zero-order valence-electron chi connectivity index (χ0n) is 13.6. The summed E-state index contributed by atoms with van der Waals surface area (Å²) in [5.41, 5.74) is 8.74. The van der Waals surface area contributed by atoms with E-state index < -0.39 is 5.82 Å². The minimum absolute atomic E-state index is 0.000521. The van der Waals surface area contributed by atoms with Crippen molar-refractivity contribution in [3.63, 3.8) is 0 Å². The normalized spacial score (nSPS) is 11.1. The second-order valence-electron chi connectivity index (χ2n) is 5.73. The summed E-state index contributed by atoms with van der Waals surface area (Å²) in [7, 11) is 0. The summed E-state index contributed by atoms with van der Waals surface area (Å²) in [5, 5.41) is 4.58. The standard InChI is InChI=1S/C19H11Cl3FN3O/c20-12-3-1-2-10(15(12)22)16-18-11(6-7-25-16)17(19(24)27-18)26-9-4-5-14(23)13(21)8-9/h1-8,26H,24H2. The minimum Gasteiger partial charge on any atom is -0.436 e. The number of furan rings is 1. The SMILES string of the molecule is Nc1oc2c(-c3cccc(Cl)c3Cl)nccc2c1Nc1ccc(F)c(Cl)c1. The number of hydrogen-bond acceptors (Lipinski definition) is 4. The third-order valence-electron chi connectivity index (χ3n) is 4.03. The van der Waals surface area contributed by atoms with Crippen LogP contribution in [0, 0.1) is 5.82 Å². The van der Waals surface area contributed by atoms with Gasteiger partial charge in [0.1, 0.15) is 17.2 Å². The monoisotopic (exact) mass is 421 g/mol. The molecule has 0 radical (unpaired) electrons. The Balaban J connectivity index is 1.86. The molecular weight excluding hydrogens is 412 g/mol. The number of nitrogens with one attached hydrogen (secondary N) is 1. The van der Waals surface area contributed by atoms with Crippen LogP contribution in [0.5, 0.6) is 0 Å². The molecule has 27 heavy (non-hydrogen) atoms. The summed E-state index contributed by atoms with van der Waals surface area (Å²) in [4.78, 5) is 4.38. The van der Waals surface area contributed by atoms with Crippen molar-refractivity contribution < 1.29 is 8.81 Å². The van der Waals surface area contributed by atoms with Crippen molar-refractivity contribution in [1.82, 2.24) is 4.98 Å². The predicted molar refractivity (Wildman–Crippen MR) is 109 cm³/mol. The van der Waals surface area contributed by atoms with Gasteiger partial charge in [0, 0.05) is 17.4 Å². The number of nitrogens with zero attached hydrogens (tertiary/aromatic N) is 1. The first-order valence-electron chi connectivity index (χ1n) is 7.79. The number of rotatable bonds is 3. The highest BCUT2D eigenvalue weighted by Gasteiger charge is 2.19. The molecule has 2 aromatic heterocycles. The number of pyridine rings is 1. The summed E-state index contributed by atoms with van der Waals surface area (Å²) in [5.74, 6) is -0.354. The van der Waals surface area contributed by atoms with Gasteiger partial charge in [-0.05, 0) is 30.3 Å². The first-order valence-corrected chi connectivity index (χ1v) is 8.92. The van der Waals surface area contributed by atoms with Gasteiger partial charge in [-0.3, -0.25) is 4.98 Å². The fourth-order valence-corrected chi connectivity index (χ4v) is 3.34. The van der Waals surface area contributed by atoms with Gasteiger partial charge in [0.2, 0.25) is 5.88 Å². The van der Waals surface area contributed by atoms with Gasteiger partial charge in [0.05, 0.1) is 20.5 Å². The van der Waals surface area contributed by atoms with E-state index in [1.54, 1.807) is 36.5 Å². The van der Waals surface area contributed by atoms with Crippen molar-refractivity contribution in [3.05, 3.63) is 69.5 Å². The maximum Gasteiger partial charge on any atom is 0.215 e. The maximum atomic E-state index is 13.4. The number of fused-ring (bicyclic) bond motifs is 1. The molecule has 0 unspecified atom stereocenters. The lowest BCUT2D eigenvalue weighted by atomic mass is 10.1. The highest BCUT2D eigenvalue weighted by atomic mass is 35.5. The van der Waals surface area contributed by atoms with Gasteiger partial charge in [-0.1, -0.05) is 46.9 Å². The van der Waals surface area contributed by atoms with Crippen LogP contribution in [0.25, 0.3) is 22.2 Å². The van der Waals surface area contributed by atoms with E-state index in [1.165, 1.54) is 12.1 Å². The molecular formula is C19H11Cl3FN3O. The minimum atomic E-state index is -0.505. The molecule has 0 saturated carbocycles. The molecule has 0 aliphatic heterocycles. The first-order chi connectivity index (χ1) is 13.0. The van der Waals surface area contributed by atoms with E-state index in [9.17, 15) is 4.39 Å². The van der Waals surface area contributed by atoms with E-state index in [2.05, 4.69) is 10.3 Å². The Kier molecular flexibility index (Phi) is 4.60. The average molecular weight is 423 g/mol. The summed E-state index contributed by atoms with van der Waals surface area (Å²) >= 11 is 18.3. The zero-order valence-corrected chi connectivity index (χ0v) is 15.8. The molecule has 0 amide bonds. The highest BCUT2D eigenvalue weighted by Crippen LogP contribution is 2.42. The lowest BCUT2D eigenvalue weighted by Crippen LogP contribution is -1.94. The number of anilines is 3. The van der Waals surface area contributed by atoms with Crippen molar-refractivity contribution in [3.8, 4) is 11.3 Å². The van der Waals surface area contributed by atoms with E-state index in [-0.39, 0.29) is 10.9 Å². The van der Waals surface area contributed by atoms with Crippen LogP contribution in [0.15, 0.2) is 53.1 Å². The fourth-order valence-electron chi connectivity index (χ4n) is 2.77. The van der Waals surface area contributed by atoms with Crippen LogP contribution in [0.4, 0.5) is 21.6 Å². The molecule has 0 aliphatic carbocycles. The summed E-state index contributed by atoms with van der Waals surface area (Å²) in [6.45, 7) is 0. The van der Waals surface area contributed by atoms with Gasteiger partial charge in [-0.2, -0.15) is 0 Å². The Morgan fingerprint density at radius 3 is 2.63 bits per heavy atom. The Bertz CT molecular complexity index is 1180. The van der Waals surface area contributed by atoms with Crippen molar-refractivity contribution in [2.24, 2.45) is 0 Å². The van der Waals surface area contributed by atoms with Crippen LogP contribution >= 0.6 is 34.8 Å². The topological polar surface area (TPSA) is 64.1 Å². The lowest BCUT2D eigenvalue weighted by Gasteiger charge is -2.07. The second-order valence-corrected chi connectivity index (χ2v) is 6.93. The summed E-state index contributed by atoms with van der Waals surface area (Å²) in [6.07, 6.45) is 1.62. The van der Waals surface area contributed by atoms with Gasteiger partial charge in [0.25, 0.3) is 0 Å². The van der Waals surface area contributed by atoms with Crippen LogP contribution in [-0.4, -0.2) is 4.98 Å². The fraction of sp³-hybridized carbons (Fsp3) is 0. The molecule has 0 bridgehead atoms. The van der Waals surface area contributed by atoms with E-state index in [4.69, 9.17) is 45.0 Å². The van der Waals surface area contributed by atoms with Gasteiger partial charge in [-0.15, -0.1) is 0 Å². The summed E-state index contributed by atoms with van der Waals surface area (Å²) < 4.78 is 19.1. The van der Waals surface area contributed by atoms with E-state index in [0.29, 0.717) is 43.6 Å². The lowest BCUT2D eigenvalue weighted by molar-refractivity contribution is 0.628. The van der Waals surface area contributed by atoms with E-state index in [1.807, 2.05) is 0 Å². The molecule has 2 heterocycles. The molecule has 0 spiro atoms. The third kappa shape index (κ3) is 3.18. The molecule has 4 aromatic rings. The smallest absolute Gasteiger partial charge is 0.215 e. The number of hydrogen-bond donors (Lipinski definition) is 2. The molecule has 0 aliphatic rings. The Morgan fingerprint density at radius 2 is 1.85 bits per heavy atom. The molecule has 4 rings (SSSR count).